The van der Waals surface area contributed by atoms with E-state index in [-0.39, 0.29) is 62.8 Å². The van der Waals surface area contributed by atoms with Crippen LogP contribution in [-0.4, -0.2) is 42.4 Å². The van der Waals surface area contributed by atoms with Crippen LogP contribution in [0.25, 0.3) is 0 Å². The molecule has 0 radical (unpaired) electrons. The number of ether oxygens (including phenoxy) is 1. The summed E-state index contributed by atoms with van der Waals surface area (Å²) in [6, 6.07) is 30.7. The second-order valence-electron chi connectivity index (χ2n) is 15.7. The Morgan fingerprint density at radius 1 is 0.700 bits per heavy atom. The average molecular weight is 830 g/mol. The van der Waals surface area contributed by atoms with E-state index in [1.54, 1.807) is 42.5 Å². The third-order valence-electron chi connectivity index (χ3n) is 10.8. The molecular formula is C46H47N5O8S. The summed E-state index contributed by atoms with van der Waals surface area (Å²) >= 11 is 0. The number of rotatable bonds is 13. The lowest BCUT2D eigenvalue weighted by Gasteiger charge is -2.30. The minimum Gasteiger partial charge on any atom is -0.456 e. The zero-order chi connectivity index (χ0) is 43.4. The number of amides is 4. The van der Waals surface area contributed by atoms with Crippen LogP contribution in [0.15, 0.2) is 125 Å². The first kappa shape index (κ1) is 43.0. The fourth-order valence-corrected chi connectivity index (χ4v) is 7.13. The number of carbonyl (C=O) groups excluding carboxylic acids is 4. The molecule has 0 fully saturated rings. The Bertz CT molecular complexity index is 2620. The summed E-state index contributed by atoms with van der Waals surface area (Å²) < 4.78 is 40.4. The third kappa shape index (κ3) is 9.62. The highest BCUT2D eigenvalue weighted by atomic mass is 32.2. The first-order valence-electron chi connectivity index (χ1n) is 19.4. The molecule has 1 aliphatic heterocycles. The monoisotopic (exact) mass is 829 g/mol. The minimum atomic E-state index is -4.73. The van der Waals surface area contributed by atoms with E-state index in [1.807, 2.05) is 18.2 Å². The summed E-state index contributed by atoms with van der Waals surface area (Å²) in [7, 11) is -4.73. The van der Waals surface area contributed by atoms with E-state index in [0.29, 0.717) is 11.4 Å². The van der Waals surface area contributed by atoms with E-state index in [1.165, 1.54) is 47.5 Å². The van der Waals surface area contributed by atoms with E-state index in [4.69, 9.17) is 4.74 Å². The number of benzene rings is 5. The van der Waals surface area contributed by atoms with Crippen molar-refractivity contribution in [3.63, 3.8) is 0 Å². The van der Waals surface area contributed by atoms with E-state index in [2.05, 4.69) is 68.7 Å². The largest absolute Gasteiger partial charge is 0.456 e. The molecule has 6 rings (SSSR count). The molecule has 4 amide bonds. The third-order valence-corrected chi connectivity index (χ3v) is 11.7. The van der Waals surface area contributed by atoms with E-state index >= 15 is 0 Å². The molecule has 5 aromatic carbocycles. The smallest absolute Gasteiger partial charge is 0.295 e. The Hall–Kier alpha value is -6.64. The first-order chi connectivity index (χ1) is 28.4. The van der Waals surface area contributed by atoms with Crippen molar-refractivity contribution in [3.05, 3.63) is 143 Å². The molecule has 60 heavy (non-hydrogen) atoms. The maximum atomic E-state index is 14.3. The number of para-hydroxylation sites is 1. The summed E-state index contributed by atoms with van der Waals surface area (Å²) in [5.41, 5.74) is 2.48. The van der Waals surface area contributed by atoms with Crippen LogP contribution in [0.1, 0.15) is 103 Å². The van der Waals surface area contributed by atoms with Crippen LogP contribution in [0.3, 0.4) is 0 Å². The van der Waals surface area contributed by atoms with Crippen LogP contribution in [0.2, 0.25) is 0 Å². The topological polar surface area (TPSA) is 184 Å². The molecule has 0 aromatic heterocycles. The van der Waals surface area contributed by atoms with Crippen molar-refractivity contribution in [2.45, 2.75) is 76.5 Å². The average Bonchev–Trinajstić information content (AvgIpc) is 3.60. The lowest BCUT2D eigenvalue weighted by atomic mass is 9.76. The van der Waals surface area contributed by atoms with Gasteiger partial charge in [0.05, 0.1) is 23.2 Å². The standard InChI is InChI=1S/C46H47N5O8S/c1-7-45(3,4)30-21-23-38(36(26-30)46(5,6)8-2)59-37-24-22-32(48-43(54)34-19-12-13-20-39(34)60(56,57)58)27-35(37)44(55)47-31-16-14-15-29(25-31)42(53)49-40-28-41(52)51(50-40)33-17-10-9-11-18-33/h9-27H,7-8,28H2,1-6H3,(H,47,55)(H,48,54)(H,49,50,53)(H,56,57,58). The molecular weight excluding hydrogens is 783 g/mol. The van der Waals surface area contributed by atoms with Gasteiger partial charge in [0.2, 0.25) is 0 Å². The summed E-state index contributed by atoms with van der Waals surface area (Å²) in [6.45, 7) is 12.8. The van der Waals surface area contributed by atoms with Crippen LogP contribution >= 0.6 is 0 Å². The number of hydrazone groups is 1. The van der Waals surface area contributed by atoms with Gasteiger partial charge in [-0.2, -0.15) is 18.5 Å². The number of nitrogens with zero attached hydrogens (tertiary/aromatic N) is 2. The zero-order valence-corrected chi connectivity index (χ0v) is 35.0. The highest BCUT2D eigenvalue weighted by molar-refractivity contribution is 7.86. The summed E-state index contributed by atoms with van der Waals surface area (Å²) in [6.07, 6.45) is 1.60. The number of hydrogen-bond acceptors (Lipinski definition) is 8. The summed E-state index contributed by atoms with van der Waals surface area (Å²) in [5.74, 6) is -1.50. The molecule has 0 saturated heterocycles. The number of nitrogens with one attached hydrogen (secondary N) is 3. The fraction of sp³-hybridized carbons (Fsp3) is 0.239. The number of amidine groups is 1. The quantitative estimate of drug-likeness (QED) is 0.0847. The van der Waals surface area contributed by atoms with Gasteiger partial charge in [-0.25, -0.2) is 0 Å². The van der Waals surface area contributed by atoms with Gasteiger partial charge >= 0.3 is 0 Å². The van der Waals surface area contributed by atoms with Crippen LogP contribution < -0.4 is 25.7 Å². The zero-order valence-electron chi connectivity index (χ0n) is 34.2. The molecule has 310 valence electrons. The first-order valence-corrected chi connectivity index (χ1v) is 20.9. The van der Waals surface area contributed by atoms with Crippen molar-refractivity contribution in [2.75, 3.05) is 15.6 Å². The molecule has 0 unspecified atom stereocenters. The second-order valence-corrected chi connectivity index (χ2v) is 17.1. The highest BCUT2D eigenvalue weighted by Gasteiger charge is 2.29. The van der Waals surface area contributed by atoms with E-state index in [0.717, 1.165) is 30.0 Å². The van der Waals surface area contributed by atoms with Crippen LogP contribution in [-0.2, 0) is 25.7 Å². The van der Waals surface area contributed by atoms with Crippen molar-refractivity contribution in [1.29, 1.82) is 0 Å². The molecule has 13 nitrogen and oxygen atoms in total. The Labute approximate surface area is 349 Å². The van der Waals surface area contributed by atoms with Crippen LogP contribution in [0.4, 0.5) is 17.1 Å². The van der Waals surface area contributed by atoms with Crippen molar-refractivity contribution >= 4 is 56.6 Å². The second kappa shape index (κ2) is 17.3. The Balaban J connectivity index is 1.32. The van der Waals surface area contributed by atoms with Crippen LogP contribution in [0.5, 0.6) is 11.5 Å². The Morgan fingerprint density at radius 2 is 1.33 bits per heavy atom. The van der Waals surface area contributed by atoms with Gasteiger partial charge in [0.1, 0.15) is 22.2 Å². The molecule has 1 heterocycles. The van der Waals surface area contributed by atoms with Crippen molar-refractivity contribution in [1.82, 2.24) is 5.32 Å². The molecule has 0 atom stereocenters. The highest BCUT2D eigenvalue weighted by Crippen LogP contribution is 2.41. The van der Waals surface area contributed by atoms with Crippen molar-refractivity contribution < 1.29 is 36.9 Å². The predicted octanol–water partition coefficient (Wildman–Crippen LogP) is 9.09. The van der Waals surface area contributed by atoms with Gasteiger partial charge in [0.25, 0.3) is 33.7 Å². The van der Waals surface area contributed by atoms with E-state index in [9.17, 15) is 32.1 Å². The molecule has 0 aliphatic carbocycles. The lowest BCUT2D eigenvalue weighted by molar-refractivity contribution is -0.116. The molecule has 0 bridgehead atoms. The Kier molecular flexibility index (Phi) is 12.4. The number of hydrogen-bond donors (Lipinski definition) is 4. The lowest BCUT2D eigenvalue weighted by Crippen LogP contribution is -2.29. The molecule has 0 saturated carbocycles. The normalized spacial score (nSPS) is 13.1. The molecule has 0 spiro atoms. The summed E-state index contributed by atoms with van der Waals surface area (Å²) in [4.78, 5) is 53.1. The molecule has 14 heteroatoms. The Morgan fingerprint density at radius 3 is 2.02 bits per heavy atom. The van der Waals surface area contributed by atoms with Crippen LogP contribution in [0, 0.1) is 0 Å². The maximum absolute atomic E-state index is 14.3. The maximum Gasteiger partial charge on any atom is 0.295 e. The minimum absolute atomic E-state index is 0.00349. The van der Waals surface area contributed by atoms with Crippen molar-refractivity contribution in [3.8, 4) is 11.5 Å². The van der Waals surface area contributed by atoms with Gasteiger partial charge < -0.3 is 20.7 Å². The van der Waals surface area contributed by atoms with Gasteiger partial charge in [0.15, 0.2) is 0 Å². The van der Waals surface area contributed by atoms with Crippen molar-refractivity contribution in [2.24, 2.45) is 5.10 Å². The SMILES string of the molecule is CCC(C)(C)c1ccc(Oc2ccc(NC(=O)c3ccccc3S(=O)(=O)O)cc2C(=O)Nc2cccc(C(=O)NC3=NN(c4ccccc4)C(=O)C3)c2)c(C(C)(C)CC)c1. The van der Waals surface area contributed by atoms with Gasteiger partial charge in [-0.15, -0.1) is 0 Å². The fourth-order valence-electron chi connectivity index (χ4n) is 6.44. The molecule has 1 aliphatic rings. The van der Waals surface area contributed by atoms with Gasteiger partial charge in [0, 0.05) is 22.5 Å². The predicted molar refractivity (Wildman–Crippen MR) is 232 cm³/mol. The van der Waals surface area contributed by atoms with Gasteiger partial charge in [-0.05, 0) is 96.0 Å². The number of anilines is 3. The van der Waals surface area contributed by atoms with E-state index < -0.39 is 32.7 Å². The molecule has 4 N–H and O–H groups in total. The molecule has 5 aromatic rings. The summed E-state index contributed by atoms with van der Waals surface area (Å²) in [5, 5.41) is 13.7. The number of carbonyl (C=O) groups is 4. The van der Waals surface area contributed by atoms with Gasteiger partial charge in [-0.3, -0.25) is 23.7 Å². The van der Waals surface area contributed by atoms with Gasteiger partial charge in [-0.1, -0.05) is 90.1 Å².